The second kappa shape index (κ2) is 60.3. The average Bonchev–Trinajstić information content (AvgIpc) is 1.67. The van der Waals surface area contributed by atoms with Crippen molar-refractivity contribution in [2.75, 3.05) is 79.3 Å². The molecule has 6 fully saturated rings. The molecule has 0 radical (unpaired) electrons. The van der Waals surface area contributed by atoms with Gasteiger partial charge in [0.25, 0.3) is 0 Å². The number of aliphatic hydroxyl groups excluding tert-OH is 10. The summed E-state index contributed by atoms with van der Waals surface area (Å²) in [7, 11) is 0. The van der Waals surface area contributed by atoms with Crippen molar-refractivity contribution in [1.82, 2.24) is 21.3 Å². The van der Waals surface area contributed by atoms with Gasteiger partial charge < -0.3 is 159 Å². The Bertz CT molecular complexity index is 2910. The fourth-order valence-electron chi connectivity index (χ4n) is 15.3. The van der Waals surface area contributed by atoms with E-state index in [0.29, 0.717) is 83.9 Å². The largest absolute Gasteiger partial charge is 0.394 e. The molecular formula is C92H179N5O29. The highest BCUT2D eigenvalue weighted by atomic mass is 16.8. The molecule has 6 saturated heterocycles. The number of nitrogens with one attached hydrogen (secondary N) is 4. The van der Waals surface area contributed by atoms with E-state index in [9.17, 15) is 50.4 Å². The molecule has 0 bridgehead atoms. The van der Waals surface area contributed by atoms with Crippen LogP contribution in [0.2, 0.25) is 0 Å². The zero-order valence-corrected chi connectivity index (χ0v) is 81.6. The van der Waals surface area contributed by atoms with Crippen molar-refractivity contribution in [2.24, 2.45) is 5.73 Å². The molecule has 126 heavy (non-hydrogen) atoms. The van der Waals surface area contributed by atoms with Gasteiger partial charge in [-0.3, -0.25) is 9.59 Å². The Kier molecular flexibility index (Phi) is 56.9. The first-order valence-corrected chi connectivity index (χ1v) is 47.0. The number of allylic oxidation sites excluding steroid dienone is 2. The SMILES string of the molecule is C=C(CC)N[C@@H](COCC1OC(C)(C)O[C@H]1CC)[C@@H]1OC(C)(C)O[C@@H]1CCC.C=C(CC)N[C@@H](COC[C@H](O)[C@@H](O)CO)[C@H](O)[C@H](O)CC.CCCCC(=O)N[C@@H](COCC1OC(C)(C)O[C@H]1CC)[C@@H]1OC(C)(C)O[C@@H]1CCC.CCCCC(=O)N[C@@H](COC[C@H](O)[C@@H](O)CO)[C@H](O)[C@H](O)CC.CCC[C@H]1OC(C)(C)O[C@H]1[C@@H](N)COCC1OC(C)(C)O[C@H]1CC. The summed E-state index contributed by atoms with van der Waals surface area (Å²) in [6.07, 6.45) is 5.17. The average molecular weight is 1820 g/mol. The number of carbonyl (C=O) groups is 2. The number of rotatable bonds is 56. The minimum atomic E-state index is -1.32. The van der Waals surface area contributed by atoms with Gasteiger partial charge in [-0.05, 0) is 160 Å². The Hall–Kier alpha value is -3.10. The minimum absolute atomic E-state index is 0.00966. The van der Waals surface area contributed by atoms with Gasteiger partial charge in [-0.25, -0.2) is 0 Å². The standard InChI is InChI=1S/C23H43NO6.C22H41NO5.C18H35NO5.C15H31NO7.C14H29NO6/c1-8-11-13-20(25)24-16(21-18(12-9-2)28-23(6,7)30-21)14-26-15-19-17(10-3)27-22(4,5)29-19;1-9-12-18-20(28-22(7,8)26-18)16(23-15(4)10-2)13-24-14-19-17(11-3)25-21(5,6)27-19;1-7-9-14-16(24-18(5,6)22-14)12(19)10-20-11-15-13(8-2)21-17(3,4)23-15;1-3-5-6-14(21)16-10(15(22)11(18)4-2)8-23-9-13(20)12(19)7-17;1-4-9(3)15-10(14(20)11(17)5-2)7-21-8-13(19)12(18)6-16/h16-19,21H,8-15H2,1-7H3,(H,24,25);16-20,23H,4,9-14H2,1-3,5-8H3;12-16H,7-11,19H2,1-6H3;10-13,15,17-20,22H,3-9H2,1-2H3,(H,16,21);10-20H,3-8H2,1-2H3/t16-,17-,18+,19?,21-;16-,17-,18+,19?,20-;12-,13-,14+,15?,16-;10-,11+,12-,13-,15-;10-,11+,12-,13-,14-/m00000/s1. The van der Waals surface area contributed by atoms with Crippen LogP contribution in [0.1, 0.15) is 288 Å². The summed E-state index contributed by atoms with van der Waals surface area (Å²) in [4.78, 5) is 24.3. The van der Waals surface area contributed by atoms with Gasteiger partial charge in [-0.15, -0.1) is 0 Å². The normalized spacial score (nSPS) is 27.9. The van der Waals surface area contributed by atoms with Crippen LogP contribution in [0.5, 0.6) is 0 Å². The third kappa shape index (κ3) is 44.4. The van der Waals surface area contributed by atoms with Gasteiger partial charge in [-0.2, -0.15) is 0 Å². The Labute approximate surface area is 755 Å². The zero-order valence-electron chi connectivity index (χ0n) is 81.6. The van der Waals surface area contributed by atoms with Gasteiger partial charge in [0, 0.05) is 24.2 Å². The lowest BCUT2D eigenvalue weighted by Gasteiger charge is -2.29. The maximum atomic E-state index is 12.5. The summed E-state index contributed by atoms with van der Waals surface area (Å²) >= 11 is 0. The van der Waals surface area contributed by atoms with Crippen LogP contribution in [0.25, 0.3) is 0 Å². The number of ether oxygens (including phenoxy) is 17. The number of amides is 2. The number of nitrogens with two attached hydrogens (primary N) is 1. The Morgan fingerprint density at radius 1 is 0.341 bits per heavy atom. The lowest BCUT2D eigenvalue weighted by Crippen LogP contribution is -2.51. The van der Waals surface area contributed by atoms with E-state index in [1.165, 1.54) is 0 Å². The highest BCUT2D eigenvalue weighted by molar-refractivity contribution is 5.76. The molecule has 0 aromatic heterocycles. The van der Waals surface area contributed by atoms with Gasteiger partial charge in [-0.1, -0.05) is 128 Å². The molecule has 0 spiro atoms. The van der Waals surface area contributed by atoms with Crippen molar-refractivity contribution >= 4 is 11.8 Å². The molecule has 0 aliphatic carbocycles. The number of hydrogen-bond donors (Lipinski definition) is 15. The van der Waals surface area contributed by atoms with Crippen LogP contribution in [0, 0.1) is 0 Å². The minimum Gasteiger partial charge on any atom is -0.394 e. The number of aliphatic hydroxyl groups is 10. The van der Waals surface area contributed by atoms with Crippen LogP contribution in [-0.2, 0) is 90.1 Å². The maximum absolute atomic E-state index is 12.5. The van der Waals surface area contributed by atoms with E-state index >= 15 is 0 Å². The molecule has 746 valence electrons. The second-order valence-electron chi connectivity index (χ2n) is 36.5. The smallest absolute Gasteiger partial charge is 0.220 e. The Morgan fingerprint density at radius 2 is 0.635 bits per heavy atom. The molecule has 25 atom stereocenters. The topological polar surface area (TPSA) is 467 Å². The van der Waals surface area contributed by atoms with Crippen molar-refractivity contribution in [3.63, 3.8) is 0 Å². The van der Waals surface area contributed by atoms with E-state index in [1.807, 2.05) is 96.9 Å². The first kappa shape index (κ1) is 119. The number of hydrogen-bond acceptors (Lipinski definition) is 32. The van der Waals surface area contributed by atoms with Crippen LogP contribution in [0.4, 0.5) is 0 Å². The molecule has 6 aliphatic heterocycles. The number of unbranched alkanes of at least 4 members (excludes halogenated alkanes) is 2. The van der Waals surface area contributed by atoms with Crippen molar-refractivity contribution < 1.29 is 141 Å². The van der Waals surface area contributed by atoms with Crippen molar-refractivity contribution in [2.45, 2.75) is 475 Å². The second-order valence-corrected chi connectivity index (χ2v) is 36.5. The van der Waals surface area contributed by atoms with E-state index in [-0.39, 0.29) is 130 Å². The molecule has 6 aliphatic rings. The van der Waals surface area contributed by atoms with E-state index in [2.05, 4.69) is 89.8 Å². The van der Waals surface area contributed by atoms with Crippen molar-refractivity contribution in [1.29, 1.82) is 0 Å². The summed E-state index contributed by atoms with van der Waals surface area (Å²) in [5, 5.41) is 107. The van der Waals surface area contributed by atoms with Gasteiger partial charge >= 0.3 is 0 Å². The van der Waals surface area contributed by atoms with Crippen LogP contribution in [0.3, 0.4) is 0 Å². The molecule has 16 N–H and O–H groups in total. The van der Waals surface area contributed by atoms with E-state index < -0.39 is 109 Å². The molecule has 2 amide bonds. The van der Waals surface area contributed by atoms with Crippen LogP contribution >= 0.6 is 0 Å². The van der Waals surface area contributed by atoms with Gasteiger partial charge in [0.2, 0.25) is 11.8 Å². The van der Waals surface area contributed by atoms with Crippen LogP contribution in [-0.4, -0.2) is 329 Å². The summed E-state index contributed by atoms with van der Waals surface area (Å²) in [6, 6.07) is -1.93. The van der Waals surface area contributed by atoms with Crippen LogP contribution in [0.15, 0.2) is 24.6 Å². The molecule has 0 aromatic rings. The molecule has 6 heterocycles. The molecule has 6 rings (SSSR count). The Morgan fingerprint density at radius 3 is 0.960 bits per heavy atom. The molecule has 0 aromatic carbocycles. The predicted molar refractivity (Wildman–Crippen MR) is 479 cm³/mol. The summed E-state index contributed by atoms with van der Waals surface area (Å²) in [5.41, 5.74) is 8.00. The first-order chi connectivity index (χ1) is 59.1. The molecule has 0 saturated carbocycles. The summed E-state index contributed by atoms with van der Waals surface area (Å²) < 4.78 is 101. The van der Waals surface area contributed by atoms with Gasteiger partial charge in [0.05, 0.1) is 158 Å². The lowest BCUT2D eigenvalue weighted by molar-refractivity contribution is -0.156. The van der Waals surface area contributed by atoms with E-state index in [4.69, 9.17) is 96.5 Å². The fraction of sp³-hybridized carbons (Fsp3) is 0.935. The lowest BCUT2D eigenvalue weighted by atomic mass is 10.0. The predicted octanol–water partition coefficient (Wildman–Crippen LogP) is 7.90. The third-order valence-corrected chi connectivity index (χ3v) is 22.1. The number of carbonyl (C=O) groups excluding carboxylic acids is 2. The first-order valence-electron chi connectivity index (χ1n) is 47.0. The molecule has 34 heteroatoms. The fourth-order valence-corrected chi connectivity index (χ4v) is 15.3. The van der Waals surface area contributed by atoms with Crippen LogP contribution < -0.4 is 27.0 Å². The maximum Gasteiger partial charge on any atom is 0.220 e. The molecule has 3 unspecified atom stereocenters. The van der Waals surface area contributed by atoms with Crippen molar-refractivity contribution in [3.05, 3.63) is 24.6 Å². The molecule has 34 nitrogen and oxygen atoms in total. The quantitative estimate of drug-likeness (QED) is 0.0275. The highest BCUT2D eigenvalue weighted by Gasteiger charge is 2.50. The van der Waals surface area contributed by atoms with Crippen molar-refractivity contribution in [3.8, 4) is 0 Å². The van der Waals surface area contributed by atoms with E-state index in [1.54, 1.807) is 13.8 Å². The van der Waals surface area contributed by atoms with Gasteiger partial charge in [0.1, 0.15) is 73.2 Å². The highest BCUT2D eigenvalue weighted by Crippen LogP contribution is 2.38. The summed E-state index contributed by atoms with van der Waals surface area (Å²) in [5.74, 6) is -3.75. The van der Waals surface area contributed by atoms with Gasteiger partial charge in [0.15, 0.2) is 34.7 Å². The summed E-state index contributed by atoms with van der Waals surface area (Å²) in [6.45, 7) is 56.3. The third-order valence-electron chi connectivity index (χ3n) is 22.1. The molecular weight excluding hydrogens is 1640 g/mol. The Balaban J connectivity index is 0.000000537. The monoisotopic (exact) mass is 1820 g/mol. The zero-order chi connectivity index (χ0) is 95.5. The van der Waals surface area contributed by atoms with E-state index in [0.717, 1.165) is 89.2 Å².